The number of nitrogens with one attached hydrogen (secondary N) is 2. The van der Waals surface area contributed by atoms with Crippen molar-refractivity contribution in [1.82, 2.24) is 10.2 Å². The first kappa shape index (κ1) is 20.9. The number of urea groups is 1. The van der Waals surface area contributed by atoms with Crippen molar-refractivity contribution in [2.45, 2.75) is 19.4 Å². The van der Waals surface area contributed by atoms with E-state index in [2.05, 4.69) is 28.8 Å². The lowest BCUT2D eigenvalue weighted by molar-refractivity contribution is -0.116. The molecule has 1 aromatic heterocycles. The molecule has 158 valence electrons. The third-order valence-corrected chi connectivity index (χ3v) is 6.22. The van der Waals surface area contributed by atoms with Gasteiger partial charge >= 0.3 is 6.03 Å². The van der Waals surface area contributed by atoms with Crippen molar-refractivity contribution >= 4 is 35.0 Å². The fourth-order valence-corrected chi connectivity index (χ4v) is 4.40. The lowest BCUT2D eigenvalue weighted by Gasteiger charge is -2.16. The molecule has 2 aromatic carbocycles. The predicted molar refractivity (Wildman–Crippen MR) is 127 cm³/mol. The third kappa shape index (κ3) is 5.83. The van der Waals surface area contributed by atoms with Crippen LogP contribution in [0.25, 0.3) is 16.5 Å². The van der Waals surface area contributed by atoms with E-state index in [-0.39, 0.29) is 11.9 Å². The van der Waals surface area contributed by atoms with Crippen molar-refractivity contribution in [3.63, 3.8) is 0 Å². The van der Waals surface area contributed by atoms with Gasteiger partial charge in [0.25, 0.3) is 0 Å². The van der Waals surface area contributed by atoms with Gasteiger partial charge in [0.2, 0.25) is 5.91 Å². The summed E-state index contributed by atoms with van der Waals surface area (Å²) in [7, 11) is 0. The molecule has 3 amide bonds. The second kappa shape index (κ2) is 10.1. The van der Waals surface area contributed by atoms with Crippen molar-refractivity contribution < 1.29 is 9.59 Å². The second-order valence-corrected chi connectivity index (χ2v) is 8.56. The van der Waals surface area contributed by atoms with Gasteiger partial charge in [-0.15, -0.1) is 11.3 Å². The molecule has 1 fully saturated rings. The van der Waals surface area contributed by atoms with E-state index in [0.29, 0.717) is 6.54 Å². The molecule has 5 nitrogen and oxygen atoms in total. The maximum absolute atomic E-state index is 12.2. The van der Waals surface area contributed by atoms with Crippen LogP contribution < -0.4 is 10.6 Å². The molecular formula is C25H25N3O2S. The van der Waals surface area contributed by atoms with Gasteiger partial charge in [0.15, 0.2) is 0 Å². The molecule has 0 atom stereocenters. The number of carbonyl (C=O) groups excluding carboxylic acids is 2. The molecule has 0 spiro atoms. The molecule has 2 N–H and O–H groups in total. The largest absolute Gasteiger partial charge is 0.348 e. The van der Waals surface area contributed by atoms with Gasteiger partial charge in [-0.1, -0.05) is 42.5 Å². The molecule has 0 unspecified atom stereocenters. The maximum atomic E-state index is 12.2. The number of hydrogen-bond donors (Lipinski definition) is 2. The average Bonchev–Trinajstić information content (AvgIpc) is 3.50. The van der Waals surface area contributed by atoms with E-state index in [0.717, 1.165) is 42.1 Å². The van der Waals surface area contributed by atoms with Gasteiger partial charge in [0.05, 0.1) is 0 Å². The fourth-order valence-electron chi connectivity index (χ4n) is 3.49. The predicted octanol–water partition coefficient (Wildman–Crippen LogP) is 5.37. The zero-order valence-electron chi connectivity index (χ0n) is 17.2. The van der Waals surface area contributed by atoms with E-state index in [4.69, 9.17) is 0 Å². The van der Waals surface area contributed by atoms with Crippen LogP contribution in [0.5, 0.6) is 0 Å². The number of hydrogen-bond acceptors (Lipinski definition) is 3. The molecule has 1 aliphatic rings. The molecule has 31 heavy (non-hydrogen) atoms. The highest BCUT2D eigenvalue weighted by molar-refractivity contribution is 7.16. The number of anilines is 1. The van der Waals surface area contributed by atoms with Gasteiger partial charge in [-0.05, 0) is 54.3 Å². The van der Waals surface area contributed by atoms with Crippen LogP contribution in [-0.4, -0.2) is 29.9 Å². The fraction of sp³-hybridized carbons (Fsp3) is 0.200. The van der Waals surface area contributed by atoms with E-state index < -0.39 is 0 Å². The molecule has 0 saturated carbocycles. The highest BCUT2D eigenvalue weighted by Crippen LogP contribution is 2.28. The monoisotopic (exact) mass is 431 g/mol. The Morgan fingerprint density at radius 1 is 0.968 bits per heavy atom. The molecule has 0 radical (unpaired) electrons. The van der Waals surface area contributed by atoms with E-state index in [1.807, 2.05) is 59.5 Å². The second-order valence-electron chi connectivity index (χ2n) is 7.44. The minimum Gasteiger partial charge on any atom is -0.348 e. The summed E-state index contributed by atoms with van der Waals surface area (Å²) in [5.41, 5.74) is 2.85. The molecule has 1 aliphatic heterocycles. The normalized spacial score (nSPS) is 13.5. The molecule has 0 aliphatic carbocycles. The molecule has 0 bridgehead atoms. The Hall–Kier alpha value is -3.38. The molecule has 6 heteroatoms. The number of rotatable bonds is 6. The third-order valence-electron chi connectivity index (χ3n) is 5.12. The van der Waals surface area contributed by atoms with Crippen molar-refractivity contribution in [1.29, 1.82) is 0 Å². The summed E-state index contributed by atoms with van der Waals surface area (Å²) in [6.07, 6.45) is 5.51. The van der Waals surface area contributed by atoms with E-state index in [1.165, 1.54) is 10.4 Å². The average molecular weight is 432 g/mol. The summed E-state index contributed by atoms with van der Waals surface area (Å²) in [5, 5.41) is 5.84. The topological polar surface area (TPSA) is 61.4 Å². The highest BCUT2D eigenvalue weighted by atomic mass is 32.1. The van der Waals surface area contributed by atoms with Crippen LogP contribution in [0.3, 0.4) is 0 Å². The van der Waals surface area contributed by atoms with Crippen LogP contribution in [0.15, 0.2) is 72.8 Å². The SMILES string of the molecule is O=C(/C=C/c1ccc(-c2ccccc2)s1)NCc1cccc(NC(=O)N2CCCC2)c1. The number of carbonyl (C=O) groups is 2. The van der Waals surface area contributed by atoms with Crippen LogP contribution >= 0.6 is 11.3 Å². The summed E-state index contributed by atoms with van der Waals surface area (Å²) in [6, 6.07) is 21.8. The van der Waals surface area contributed by atoms with Gasteiger partial charge in [-0.25, -0.2) is 4.79 Å². The summed E-state index contributed by atoms with van der Waals surface area (Å²) in [5.74, 6) is -0.152. The van der Waals surface area contributed by atoms with Gasteiger partial charge in [-0.3, -0.25) is 4.79 Å². The minimum absolute atomic E-state index is 0.0626. The maximum Gasteiger partial charge on any atom is 0.321 e. The summed E-state index contributed by atoms with van der Waals surface area (Å²) >= 11 is 1.65. The first-order valence-corrected chi connectivity index (χ1v) is 11.2. The van der Waals surface area contributed by atoms with E-state index in [9.17, 15) is 9.59 Å². The minimum atomic E-state index is -0.152. The van der Waals surface area contributed by atoms with Crippen LogP contribution in [0, 0.1) is 0 Å². The Morgan fingerprint density at radius 2 is 1.77 bits per heavy atom. The van der Waals surface area contributed by atoms with Crippen molar-refractivity contribution in [2.75, 3.05) is 18.4 Å². The molecule has 4 rings (SSSR count). The van der Waals surface area contributed by atoms with Gasteiger partial charge in [0, 0.05) is 41.2 Å². The van der Waals surface area contributed by atoms with Crippen LogP contribution in [0.2, 0.25) is 0 Å². The number of benzene rings is 2. The van der Waals surface area contributed by atoms with Crippen LogP contribution in [-0.2, 0) is 11.3 Å². The standard InChI is InChI=1S/C25H25N3O2S/c29-24(14-12-22-11-13-23(31-22)20-8-2-1-3-9-20)26-18-19-7-6-10-21(17-19)27-25(30)28-15-4-5-16-28/h1-3,6-14,17H,4-5,15-16,18H2,(H,26,29)(H,27,30)/b14-12+. The quantitative estimate of drug-likeness (QED) is 0.515. The number of amides is 3. The molecular weight excluding hydrogens is 406 g/mol. The van der Waals surface area contributed by atoms with Crippen molar-refractivity contribution in [2.24, 2.45) is 0 Å². The zero-order chi connectivity index (χ0) is 21.5. The van der Waals surface area contributed by atoms with Crippen LogP contribution in [0.1, 0.15) is 23.3 Å². The summed E-state index contributed by atoms with van der Waals surface area (Å²) < 4.78 is 0. The Bertz CT molecular complexity index is 1070. The lowest BCUT2D eigenvalue weighted by Crippen LogP contribution is -2.32. The van der Waals surface area contributed by atoms with E-state index >= 15 is 0 Å². The molecule has 1 saturated heterocycles. The summed E-state index contributed by atoms with van der Waals surface area (Å²) in [4.78, 5) is 28.5. The Balaban J connectivity index is 1.29. The molecule has 3 aromatic rings. The number of thiophene rings is 1. The highest BCUT2D eigenvalue weighted by Gasteiger charge is 2.17. The first-order valence-electron chi connectivity index (χ1n) is 10.4. The summed E-state index contributed by atoms with van der Waals surface area (Å²) in [6.45, 7) is 2.02. The van der Waals surface area contributed by atoms with Crippen molar-refractivity contribution in [3.8, 4) is 10.4 Å². The number of nitrogens with zero attached hydrogens (tertiary/aromatic N) is 1. The van der Waals surface area contributed by atoms with Crippen LogP contribution in [0.4, 0.5) is 10.5 Å². The van der Waals surface area contributed by atoms with Gasteiger partial charge in [-0.2, -0.15) is 0 Å². The number of likely N-dealkylation sites (tertiary alicyclic amines) is 1. The Labute approximate surface area is 186 Å². The van der Waals surface area contributed by atoms with Gasteiger partial charge < -0.3 is 15.5 Å². The Morgan fingerprint density at radius 3 is 2.58 bits per heavy atom. The van der Waals surface area contributed by atoms with Gasteiger partial charge in [0.1, 0.15) is 0 Å². The first-order chi connectivity index (χ1) is 15.2. The molecule has 2 heterocycles. The van der Waals surface area contributed by atoms with Crippen molar-refractivity contribution in [3.05, 3.63) is 83.2 Å². The lowest BCUT2D eigenvalue weighted by atomic mass is 10.2. The zero-order valence-corrected chi connectivity index (χ0v) is 18.0. The Kier molecular flexibility index (Phi) is 6.79. The van der Waals surface area contributed by atoms with E-state index in [1.54, 1.807) is 17.4 Å². The smallest absolute Gasteiger partial charge is 0.321 e.